The first-order chi connectivity index (χ1) is 11.2. The van der Waals surface area contributed by atoms with Crippen molar-refractivity contribution in [3.8, 4) is 0 Å². The van der Waals surface area contributed by atoms with Crippen molar-refractivity contribution in [2.45, 2.75) is 38.5 Å². The standard InChI is InChI=1S/C20H21BrO2/c1-23-20(22)18-12-14-6-7-15-9-11-17(19(21)13-15)5-3-2-4-16(18)10-8-14/h8-13H,2-7H2,1H3. The molecule has 0 unspecified atom stereocenters. The minimum Gasteiger partial charge on any atom is -0.465 e. The smallest absolute Gasteiger partial charge is 0.338 e. The minimum absolute atomic E-state index is 0.222. The Hall–Kier alpha value is -1.61. The van der Waals surface area contributed by atoms with E-state index in [0.29, 0.717) is 0 Å². The number of halogens is 1. The van der Waals surface area contributed by atoms with Crippen molar-refractivity contribution >= 4 is 21.9 Å². The zero-order chi connectivity index (χ0) is 16.2. The lowest BCUT2D eigenvalue weighted by atomic mass is 9.94. The molecule has 0 amide bonds. The first kappa shape index (κ1) is 16.3. The Morgan fingerprint density at radius 1 is 0.913 bits per heavy atom. The molecule has 0 spiro atoms. The van der Waals surface area contributed by atoms with E-state index in [0.717, 1.165) is 49.7 Å². The quantitative estimate of drug-likeness (QED) is 0.665. The fraction of sp³-hybridized carbons (Fsp3) is 0.350. The maximum absolute atomic E-state index is 12.1. The van der Waals surface area contributed by atoms with E-state index < -0.39 is 0 Å². The third-order valence-electron chi connectivity index (χ3n) is 4.54. The number of aryl methyl sites for hydroxylation is 4. The summed E-state index contributed by atoms with van der Waals surface area (Å²) in [6.45, 7) is 0. The Bertz CT molecular complexity index is 722. The lowest BCUT2D eigenvalue weighted by Gasteiger charge is -2.13. The third kappa shape index (κ3) is 3.84. The van der Waals surface area contributed by atoms with Gasteiger partial charge in [0.05, 0.1) is 12.7 Å². The van der Waals surface area contributed by atoms with Gasteiger partial charge in [0.1, 0.15) is 0 Å². The third-order valence-corrected chi connectivity index (χ3v) is 5.28. The Balaban J connectivity index is 1.94. The van der Waals surface area contributed by atoms with E-state index >= 15 is 0 Å². The van der Waals surface area contributed by atoms with Crippen molar-refractivity contribution in [3.63, 3.8) is 0 Å². The summed E-state index contributed by atoms with van der Waals surface area (Å²) in [6, 6.07) is 13.0. The van der Waals surface area contributed by atoms with Crippen LogP contribution >= 0.6 is 15.9 Å². The van der Waals surface area contributed by atoms with Gasteiger partial charge in [-0.05, 0) is 72.9 Å². The highest BCUT2D eigenvalue weighted by Crippen LogP contribution is 2.24. The molecule has 0 atom stereocenters. The van der Waals surface area contributed by atoms with Gasteiger partial charge in [0.25, 0.3) is 0 Å². The van der Waals surface area contributed by atoms with Gasteiger partial charge in [0.15, 0.2) is 0 Å². The van der Waals surface area contributed by atoms with Gasteiger partial charge in [-0.15, -0.1) is 0 Å². The summed E-state index contributed by atoms with van der Waals surface area (Å²) in [4.78, 5) is 12.1. The van der Waals surface area contributed by atoms with Crippen LogP contribution in [0.1, 0.15) is 45.5 Å². The van der Waals surface area contributed by atoms with Gasteiger partial charge in [-0.3, -0.25) is 0 Å². The van der Waals surface area contributed by atoms with E-state index in [9.17, 15) is 4.79 Å². The van der Waals surface area contributed by atoms with E-state index in [2.05, 4.69) is 46.3 Å². The minimum atomic E-state index is -0.222. The zero-order valence-corrected chi connectivity index (χ0v) is 15.0. The highest BCUT2D eigenvalue weighted by Gasteiger charge is 2.13. The number of carbonyl (C=O) groups excluding carboxylic acids is 1. The Labute approximate surface area is 146 Å². The molecule has 3 heteroatoms. The maximum Gasteiger partial charge on any atom is 0.338 e. The van der Waals surface area contributed by atoms with Crippen LogP contribution in [0.3, 0.4) is 0 Å². The van der Waals surface area contributed by atoms with Crippen LogP contribution in [0.2, 0.25) is 0 Å². The van der Waals surface area contributed by atoms with E-state index in [1.165, 1.54) is 28.3 Å². The number of hydrogen-bond donors (Lipinski definition) is 0. The summed E-state index contributed by atoms with van der Waals surface area (Å²) in [5.41, 5.74) is 5.71. The molecule has 0 heterocycles. The van der Waals surface area contributed by atoms with Crippen molar-refractivity contribution in [1.82, 2.24) is 0 Å². The van der Waals surface area contributed by atoms with Gasteiger partial charge < -0.3 is 4.74 Å². The molecule has 4 aliphatic rings. The Kier molecular flexibility index (Phi) is 5.16. The zero-order valence-electron chi connectivity index (χ0n) is 13.4. The molecule has 23 heavy (non-hydrogen) atoms. The van der Waals surface area contributed by atoms with Gasteiger partial charge in [-0.2, -0.15) is 0 Å². The van der Waals surface area contributed by atoms with Crippen molar-refractivity contribution in [3.05, 3.63) is 68.7 Å². The van der Waals surface area contributed by atoms with Crippen LogP contribution in [-0.2, 0) is 30.4 Å². The number of methoxy groups -OCH3 is 1. The van der Waals surface area contributed by atoms with Crippen LogP contribution in [-0.4, -0.2) is 13.1 Å². The van der Waals surface area contributed by atoms with Crippen LogP contribution in [0.4, 0.5) is 0 Å². The molecular weight excluding hydrogens is 352 g/mol. The SMILES string of the molecule is COC(=O)c1cc2ccc1CCCCc1ccc(cc1Br)CC2. The lowest BCUT2D eigenvalue weighted by molar-refractivity contribution is 0.0599. The average molecular weight is 373 g/mol. The number of esters is 1. The lowest BCUT2D eigenvalue weighted by Crippen LogP contribution is -2.08. The number of hydrogen-bond acceptors (Lipinski definition) is 2. The molecular formula is C20H21BrO2. The highest BCUT2D eigenvalue weighted by atomic mass is 79.9. The first-order valence-corrected chi connectivity index (χ1v) is 8.94. The molecule has 0 saturated carbocycles. The largest absolute Gasteiger partial charge is 0.465 e. The normalized spacial score (nSPS) is 14.5. The van der Waals surface area contributed by atoms with Crippen molar-refractivity contribution in [1.29, 1.82) is 0 Å². The van der Waals surface area contributed by atoms with E-state index in [4.69, 9.17) is 4.74 Å². The molecule has 2 aromatic rings. The number of benzene rings is 2. The number of ether oxygens (including phenoxy) is 1. The molecule has 2 aromatic carbocycles. The molecule has 0 aromatic heterocycles. The molecule has 4 bridgehead atoms. The van der Waals surface area contributed by atoms with Gasteiger partial charge >= 0.3 is 5.97 Å². The molecule has 120 valence electrons. The van der Waals surface area contributed by atoms with E-state index in [1.807, 2.05) is 6.07 Å². The summed E-state index contributed by atoms with van der Waals surface area (Å²) in [5.74, 6) is -0.222. The molecule has 0 fully saturated rings. The average Bonchev–Trinajstić information content (AvgIpc) is 2.58. The van der Waals surface area contributed by atoms with Gasteiger partial charge in [-0.25, -0.2) is 4.79 Å². The number of rotatable bonds is 1. The second-order valence-electron chi connectivity index (χ2n) is 6.12. The molecule has 6 rings (SSSR count). The first-order valence-electron chi connectivity index (χ1n) is 8.15. The summed E-state index contributed by atoms with van der Waals surface area (Å²) < 4.78 is 6.18. The second kappa shape index (κ2) is 7.31. The molecule has 0 aliphatic heterocycles. The highest BCUT2D eigenvalue weighted by molar-refractivity contribution is 9.10. The predicted molar refractivity (Wildman–Crippen MR) is 96.0 cm³/mol. The van der Waals surface area contributed by atoms with Crippen LogP contribution in [0.5, 0.6) is 0 Å². The summed E-state index contributed by atoms with van der Waals surface area (Å²) in [5, 5.41) is 0. The fourth-order valence-corrected chi connectivity index (χ4v) is 3.79. The van der Waals surface area contributed by atoms with Crippen molar-refractivity contribution in [2.24, 2.45) is 0 Å². The van der Waals surface area contributed by atoms with Crippen LogP contribution < -0.4 is 0 Å². The fourth-order valence-electron chi connectivity index (χ4n) is 3.17. The van der Waals surface area contributed by atoms with Crippen LogP contribution in [0.25, 0.3) is 0 Å². The van der Waals surface area contributed by atoms with Gasteiger partial charge in [-0.1, -0.05) is 40.2 Å². The van der Waals surface area contributed by atoms with Crippen molar-refractivity contribution in [2.75, 3.05) is 7.11 Å². The summed E-state index contributed by atoms with van der Waals surface area (Å²) in [7, 11) is 1.45. The van der Waals surface area contributed by atoms with Gasteiger partial charge in [0.2, 0.25) is 0 Å². The monoisotopic (exact) mass is 372 g/mol. The van der Waals surface area contributed by atoms with E-state index in [-0.39, 0.29) is 5.97 Å². The van der Waals surface area contributed by atoms with E-state index in [1.54, 1.807) is 0 Å². The Morgan fingerprint density at radius 3 is 2.17 bits per heavy atom. The molecule has 4 aliphatic carbocycles. The van der Waals surface area contributed by atoms with Crippen LogP contribution in [0.15, 0.2) is 40.9 Å². The van der Waals surface area contributed by atoms with Crippen LogP contribution in [0, 0.1) is 0 Å². The topological polar surface area (TPSA) is 26.3 Å². The predicted octanol–water partition coefficient (Wildman–Crippen LogP) is 4.90. The maximum atomic E-state index is 12.1. The Morgan fingerprint density at radius 2 is 1.52 bits per heavy atom. The second-order valence-corrected chi connectivity index (χ2v) is 6.97. The summed E-state index contributed by atoms with van der Waals surface area (Å²) in [6.07, 6.45) is 6.06. The van der Waals surface area contributed by atoms with Crippen molar-refractivity contribution < 1.29 is 9.53 Å². The molecule has 0 N–H and O–H groups in total. The molecule has 0 saturated heterocycles. The number of carbonyl (C=O) groups is 1. The summed E-state index contributed by atoms with van der Waals surface area (Å²) >= 11 is 3.70. The van der Waals surface area contributed by atoms with Gasteiger partial charge in [0, 0.05) is 4.47 Å². The molecule has 2 nitrogen and oxygen atoms in total. The molecule has 0 radical (unpaired) electrons.